The summed E-state index contributed by atoms with van der Waals surface area (Å²) in [6.45, 7) is 17.9. The van der Waals surface area contributed by atoms with Crippen molar-refractivity contribution in [1.82, 2.24) is 0 Å². The number of carbonyl (C=O) groups excluding carboxylic acids is 1. The fourth-order valence-corrected chi connectivity index (χ4v) is 1.59. The number of hydrogen-bond donors (Lipinski definition) is 0. The minimum atomic E-state index is -0.387. The normalized spacial score (nSPS) is 11.9. The van der Waals surface area contributed by atoms with Crippen LogP contribution in [0.1, 0.15) is 74.1 Å². The Balaban J connectivity index is -0.000000579. The third-order valence-electron chi connectivity index (χ3n) is 2.53. The minimum Gasteiger partial charge on any atom is -0.464 e. The van der Waals surface area contributed by atoms with Gasteiger partial charge >= 0.3 is 5.97 Å². The van der Waals surface area contributed by atoms with Gasteiger partial charge in [-0.3, -0.25) is 4.99 Å². The molecule has 2 unspecified atom stereocenters. The van der Waals surface area contributed by atoms with Gasteiger partial charge in [-0.25, -0.2) is 4.79 Å². The van der Waals surface area contributed by atoms with E-state index in [1.807, 2.05) is 34.6 Å². The number of esters is 1. The first-order chi connectivity index (χ1) is 9.17. The summed E-state index contributed by atoms with van der Waals surface area (Å²) in [6.07, 6.45) is 4.55. The van der Waals surface area contributed by atoms with E-state index in [0.29, 0.717) is 6.61 Å². The largest absolute Gasteiger partial charge is 0.464 e. The maximum atomic E-state index is 11.5. The van der Waals surface area contributed by atoms with Crippen molar-refractivity contribution < 1.29 is 9.53 Å². The van der Waals surface area contributed by atoms with Gasteiger partial charge < -0.3 is 4.74 Å². The van der Waals surface area contributed by atoms with E-state index in [-0.39, 0.29) is 17.9 Å². The SMILES string of the molecule is C=NC(C(=O)OCC)C(C)CCCCC.CC.CC. The van der Waals surface area contributed by atoms with E-state index < -0.39 is 0 Å². The van der Waals surface area contributed by atoms with Gasteiger partial charge in [0.05, 0.1) is 6.61 Å². The monoisotopic (exact) mass is 273 g/mol. The number of rotatable bonds is 8. The fraction of sp³-hybridized carbons (Fsp3) is 0.875. The lowest BCUT2D eigenvalue weighted by Gasteiger charge is -2.18. The number of ether oxygens (including phenoxy) is 1. The Bertz CT molecular complexity index is 193. The van der Waals surface area contributed by atoms with Gasteiger partial charge in [0.1, 0.15) is 6.04 Å². The standard InChI is InChI=1S/C12H23NO2.2C2H6/c1-5-7-8-9-10(3)11(13-4)12(14)15-6-2;2*1-2/h10-11H,4-9H2,1-3H3;2*1-2H3. The average molecular weight is 273 g/mol. The molecule has 0 aromatic rings. The molecular formula is C16H35NO2. The van der Waals surface area contributed by atoms with Crippen LogP contribution in [-0.4, -0.2) is 25.3 Å². The van der Waals surface area contributed by atoms with E-state index in [4.69, 9.17) is 4.74 Å². The molecule has 3 nitrogen and oxygen atoms in total. The average Bonchev–Trinajstić information content (AvgIpc) is 2.44. The van der Waals surface area contributed by atoms with Gasteiger partial charge in [0.2, 0.25) is 0 Å². The van der Waals surface area contributed by atoms with Gasteiger partial charge in [0, 0.05) is 0 Å². The molecule has 0 rings (SSSR count). The van der Waals surface area contributed by atoms with Crippen molar-refractivity contribution in [3.05, 3.63) is 0 Å². The van der Waals surface area contributed by atoms with E-state index >= 15 is 0 Å². The lowest BCUT2D eigenvalue weighted by atomic mass is 9.96. The maximum absolute atomic E-state index is 11.5. The minimum absolute atomic E-state index is 0.230. The highest BCUT2D eigenvalue weighted by molar-refractivity contribution is 5.77. The highest BCUT2D eigenvalue weighted by Crippen LogP contribution is 2.16. The molecule has 0 aliphatic carbocycles. The molecule has 2 atom stereocenters. The molecule has 0 aromatic carbocycles. The summed E-state index contributed by atoms with van der Waals surface area (Å²) < 4.78 is 4.95. The third-order valence-corrected chi connectivity index (χ3v) is 2.53. The van der Waals surface area contributed by atoms with Crippen molar-refractivity contribution in [3.8, 4) is 0 Å². The molecule has 3 heteroatoms. The van der Waals surface area contributed by atoms with Crippen molar-refractivity contribution in [3.63, 3.8) is 0 Å². The lowest BCUT2D eigenvalue weighted by Crippen LogP contribution is -2.28. The number of aliphatic imine (C=N–C) groups is 1. The fourth-order valence-electron chi connectivity index (χ4n) is 1.59. The van der Waals surface area contributed by atoms with Crippen LogP contribution in [0.5, 0.6) is 0 Å². The van der Waals surface area contributed by atoms with E-state index in [1.165, 1.54) is 12.8 Å². The van der Waals surface area contributed by atoms with Crippen LogP contribution in [0.4, 0.5) is 0 Å². The lowest BCUT2D eigenvalue weighted by molar-refractivity contribution is -0.145. The van der Waals surface area contributed by atoms with Crippen LogP contribution in [0.3, 0.4) is 0 Å². The van der Waals surface area contributed by atoms with E-state index in [2.05, 4.69) is 18.6 Å². The molecule has 0 fully saturated rings. The Labute approximate surface area is 120 Å². The van der Waals surface area contributed by atoms with Gasteiger partial charge in [-0.05, 0) is 26.0 Å². The summed E-state index contributed by atoms with van der Waals surface area (Å²) in [5.74, 6) is -0.00963. The first kappa shape index (κ1) is 23.2. The smallest absolute Gasteiger partial charge is 0.331 e. The molecule has 0 bridgehead atoms. The Hall–Kier alpha value is -0.860. The van der Waals surface area contributed by atoms with Gasteiger partial charge in [-0.1, -0.05) is 60.8 Å². The van der Waals surface area contributed by atoms with E-state index in [0.717, 1.165) is 12.8 Å². The van der Waals surface area contributed by atoms with Gasteiger partial charge in [-0.15, -0.1) is 0 Å². The number of hydrogen-bond acceptors (Lipinski definition) is 3. The zero-order valence-electron chi connectivity index (χ0n) is 14.2. The van der Waals surface area contributed by atoms with Crippen LogP contribution in [0.15, 0.2) is 4.99 Å². The molecular weight excluding hydrogens is 238 g/mol. The van der Waals surface area contributed by atoms with Gasteiger partial charge in [0.25, 0.3) is 0 Å². The third kappa shape index (κ3) is 13.4. The van der Waals surface area contributed by atoms with Crippen LogP contribution < -0.4 is 0 Å². The van der Waals surface area contributed by atoms with Crippen molar-refractivity contribution in [2.24, 2.45) is 10.9 Å². The van der Waals surface area contributed by atoms with Crippen LogP contribution in [-0.2, 0) is 9.53 Å². The van der Waals surface area contributed by atoms with Gasteiger partial charge in [0.15, 0.2) is 0 Å². The Morgan fingerprint density at radius 2 is 1.68 bits per heavy atom. The molecule has 0 aliphatic heterocycles. The summed E-state index contributed by atoms with van der Waals surface area (Å²) in [5.41, 5.74) is 0. The molecule has 0 N–H and O–H groups in total. The molecule has 0 aromatic heterocycles. The molecule has 0 spiro atoms. The van der Waals surface area contributed by atoms with Crippen molar-refractivity contribution in [1.29, 1.82) is 0 Å². The number of carbonyl (C=O) groups is 1. The molecule has 0 radical (unpaired) electrons. The van der Waals surface area contributed by atoms with Crippen LogP contribution in [0.25, 0.3) is 0 Å². The summed E-state index contributed by atoms with van der Waals surface area (Å²) in [6, 6.07) is -0.387. The highest BCUT2D eigenvalue weighted by Gasteiger charge is 2.24. The molecule has 0 heterocycles. The van der Waals surface area contributed by atoms with Gasteiger partial charge in [-0.2, -0.15) is 0 Å². The quantitative estimate of drug-likeness (QED) is 0.359. The van der Waals surface area contributed by atoms with Crippen molar-refractivity contribution >= 4 is 12.7 Å². The van der Waals surface area contributed by atoms with Crippen molar-refractivity contribution in [2.75, 3.05) is 6.61 Å². The maximum Gasteiger partial charge on any atom is 0.331 e. The van der Waals surface area contributed by atoms with Crippen LogP contribution in [0.2, 0.25) is 0 Å². The van der Waals surface area contributed by atoms with E-state index in [1.54, 1.807) is 6.92 Å². The second-order valence-electron chi connectivity index (χ2n) is 3.85. The molecule has 0 aliphatic rings. The van der Waals surface area contributed by atoms with Crippen LogP contribution in [0, 0.1) is 5.92 Å². The van der Waals surface area contributed by atoms with Crippen molar-refractivity contribution in [2.45, 2.75) is 80.2 Å². The Morgan fingerprint density at radius 1 is 1.16 bits per heavy atom. The predicted octanol–water partition coefficient (Wildman–Crippen LogP) is 4.89. The Kier molecular flexibility index (Phi) is 23.8. The highest BCUT2D eigenvalue weighted by atomic mass is 16.5. The summed E-state index contributed by atoms with van der Waals surface area (Å²) in [4.78, 5) is 15.4. The summed E-state index contributed by atoms with van der Waals surface area (Å²) in [7, 11) is 0. The molecule has 116 valence electrons. The first-order valence-corrected chi connectivity index (χ1v) is 7.79. The second kappa shape index (κ2) is 19.5. The van der Waals surface area contributed by atoms with Crippen LogP contribution >= 0.6 is 0 Å². The Morgan fingerprint density at radius 3 is 2.05 bits per heavy atom. The second-order valence-corrected chi connectivity index (χ2v) is 3.85. The molecule has 0 amide bonds. The molecule has 19 heavy (non-hydrogen) atoms. The summed E-state index contributed by atoms with van der Waals surface area (Å²) in [5, 5.41) is 0. The predicted molar refractivity (Wildman–Crippen MR) is 86.0 cm³/mol. The number of nitrogens with zero attached hydrogens (tertiary/aromatic N) is 1. The molecule has 0 saturated carbocycles. The zero-order chi connectivity index (χ0) is 15.7. The zero-order valence-corrected chi connectivity index (χ0v) is 14.2. The molecule has 0 saturated heterocycles. The number of unbranched alkanes of at least 4 members (excludes halogenated alkanes) is 2. The summed E-state index contributed by atoms with van der Waals surface area (Å²) >= 11 is 0. The topological polar surface area (TPSA) is 38.7 Å². The van der Waals surface area contributed by atoms with E-state index in [9.17, 15) is 4.79 Å². The first-order valence-electron chi connectivity index (χ1n) is 7.79.